The Kier molecular flexibility index (Phi) is 7.12. The number of carbonyl (C=O) groups is 1. The molecule has 0 bridgehead atoms. The molecule has 0 spiro atoms. The monoisotopic (exact) mass is 515 g/mol. The quantitative estimate of drug-likeness (QED) is 0.531. The van der Waals surface area contributed by atoms with E-state index < -0.39 is 40.4 Å². The minimum atomic E-state index is -4.76. The molecule has 0 amide bonds. The van der Waals surface area contributed by atoms with Gasteiger partial charge in [-0.25, -0.2) is 4.79 Å². The van der Waals surface area contributed by atoms with Crippen molar-refractivity contribution in [3.05, 3.63) is 73.9 Å². The first-order valence-corrected chi connectivity index (χ1v) is 11.7. The number of ether oxygens (including phenoxy) is 1. The van der Waals surface area contributed by atoms with Gasteiger partial charge in [0, 0.05) is 6.54 Å². The molecule has 1 N–H and O–H groups in total. The molecule has 1 aliphatic carbocycles. The van der Waals surface area contributed by atoms with Gasteiger partial charge in [0.05, 0.1) is 36.2 Å². The lowest BCUT2D eigenvalue weighted by Gasteiger charge is -2.26. The maximum atomic E-state index is 13.6. The Bertz CT molecular complexity index is 1510. The van der Waals surface area contributed by atoms with Gasteiger partial charge in [0.2, 0.25) is 0 Å². The summed E-state index contributed by atoms with van der Waals surface area (Å²) in [5.74, 6) is -1.26. The average Bonchev–Trinajstić information content (AvgIpc) is 2.88. The number of rotatable bonds is 6. The van der Waals surface area contributed by atoms with Crippen LogP contribution in [0.5, 0.6) is 5.75 Å². The number of fused-ring (bicyclic) bond motifs is 1. The van der Waals surface area contributed by atoms with E-state index in [1.54, 1.807) is 18.2 Å². The lowest BCUT2D eigenvalue weighted by atomic mass is 9.82. The summed E-state index contributed by atoms with van der Waals surface area (Å²) in [5, 5.41) is 18.9. The van der Waals surface area contributed by atoms with Gasteiger partial charge in [0.25, 0.3) is 5.56 Å². The Labute approximate surface area is 209 Å². The maximum absolute atomic E-state index is 13.6. The third-order valence-corrected chi connectivity index (χ3v) is 6.97. The van der Waals surface area contributed by atoms with E-state index in [9.17, 15) is 37.9 Å². The number of methoxy groups -OCH3 is 1. The Morgan fingerprint density at radius 1 is 1.11 bits per heavy atom. The van der Waals surface area contributed by atoms with Gasteiger partial charge in [-0.3, -0.25) is 18.7 Å². The number of nitrogens with zero attached hydrogens (tertiary/aromatic N) is 3. The lowest BCUT2D eigenvalue weighted by Crippen LogP contribution is -2.42. The van der Waals surface area contributed by atoms with Crippen LogP contribution in [0.15, 0.2) is 46.0 Å². The van der Waals surface area contributed by atoms with E-state index in [4.69, 9.17) is 4.74 Å². The summed E-state index contributed by atoms with van der Waals surface area (Å²) in [4.78, 5) is 38.4. The highest BCUT2D eigenvalue weighted by atomic mass is 19.4. The number of halogens is 3. The molecular formula is C26H24F3N3O5. The first-order chi connectivity index (χ1) is 17.6. The number of carboxylic acid groups (broad SMARTS) is 1. The number of hydrogen-bond donors (Lipinski definition) is 1. The second-order valence-corrected chi connectivity index (χ2v) is 9.14. The zero-order valence-corrected chi connectivity index (χ0v) is 19.9. The molecule has 194 valence electrons. The van der Waals surface area contributed by atoms with Gasteiger partial charge < -0.3 is 9.84 Å². The molecule has 3 aromatic rings. The first-order valence-electron chi connectivity index (χ1n) is 11.7. The Balaban J connectivity index is 1.86. The van der Waals surface area contributed by atoms with Crippen LogP contribution in [-0.4, -0.2) is 27.3 Å². The van der Waals surface area contributed by atoms with E-state index in [0.29, 0.717) is 25.7 Å². The van der Waals surface area contributed by atoms with Crippen LogP contribution in [0.2, 0.25) is 0 Å². The maximum Gasteiger partial charge on any atom is 0.417 e. The third-order valence-electron chi connectivity index (χ3n) is 6.97. The molecule has 1 aliphatic rings. The van der Waals surface area contributed by atoms with Gasteiger partial charge in [-0.15, -0.1) is 0 Å². The fraction of sp³-hybridized carbons (Fsp3) is 0.385. The van der Waals surface area contributed by atoms with Crippen molar-refractivity contribution in [1.29, 1.82) is 5.26 Å². The molecule has 1 fully saturated rings. The zero-order chi connectivity index (χ0) is 26.9. The summed E-state index contributed by atoms with van der Waals surface area (Å²) in [7, 11) is 1.36. The molecule has 4 rings (SSSR count). The average molecular weight is 515 g/mol. The number of carboxylic acids is 1. The second kappa shape index (κ2) is 10.1. The van der Waals surface area contributed by atoms with Crippen LogP contribution < -0.4 is 16.0 Å². The van der Waals surface area contributed by atoms with Crippen LogP contribution in [0, 0.1) is 23.2 Å². The van der Waals surface area contributed by atoms with Crippen LogP contribution in [0.3, 0.4) is 0 Å². The van der Waals surface area contributed by atoms with E-state index in [1.807, 2.05) is 0 Å². The lowest BCUT2D eigenvalue weighted by molar-refractivity contribution is -0.143. The van der Waals surface area contributed by atoms with Gasteiger partial charge in [0.1, 0.15) is 17.2 Å². The summed E-state index contributed by atoms with van der Waals surface area (Å²) in [5.41, 5.74) is -2.88. The fourth-order valence-electron chi connectivity index (χ4n) is 5.03. The zero-order valence-electron chi connectivity index (χ0n) is 19.9. The smallest absolute Gasteiger partial charge is 0.417 e. The van der Waals surface area contributed by atoms with Gasteiger partial charge in [-0.1, -0.05) is 18.2 Å². The molecule has 1 aromatic heterocycles. The highest BCUT2D eigenvalue weighted by molar-refractivity contribution is 5.84. The van der Waals surface area contributed by atoms with Crippen LogP contribution in [0.4, 0.5) is 13.2 Å². The molecule has 0 atom stereocenters. The molecule has 0 unspecified atom stereocenters. The number of alkyl halides is 3. The van der Waals surface area contributed by atoms with Gasteiger partial charge in [-0.05, 0) is 55.4 Å². The van der Waals surface area contributed by atoms with Crippen molar-refractivity contribution in [2.24, 2.45) is 11.8 Å². The van der Waals surface area contributed by atoms with Crippen molar-refractivity contribution in [2.75, 3.05) is 7.11 Å². The predicted octanol–water partition coefficient (Wildman–Crippen LogP) is 4.00. The fourth-order valence-corrected chi connectivity index (χ4v) is 5.03. The van der Waals surface area contributed by atoms with Crippen molar-refractivity contribution in [2.45, 2.75) is 44.9 Å². The highest BCUT2D eigenvalue weighted by Gasteiger charge is 2.34. The Morgan fingerprint density at radius 2 is 1.78 bits per heavy atom. The summed E-state index contributed by atoms with van der Waals surface area (Å²) in [6, 6.07) is 9.54. The van der Waals surface area contributed by atoms with Crippen molar-refractivity contribution < 1.29 is 27.8 Å². The molecule has 8 nitrogen and oxygen atoms in total. The van der Waals surface area contributed by atoms with Crippen molar-refractivity contribution in [3.63, 3.8) is 0 Å². The number of hydrogen-bond acceptors (Lipinski definition) is 5. The molecule has 1 saturated carbocycles. The van der Waals surface area contributed by atoms with E-state index in [1.165, 1.54) is 29.9 Å². The van der Waals surface area contributed by atoms with Gasteiger partial charge in [0.15, 0.2) is 0 Å². The summed E-state index contributed by atoms with van der Waals surface area (Å²) >= 11 is 0. The van der Waals surface area contributed by atoms with E-state index in [-0.39, 0.29) is 41.2 Å². The number of aliphatic carboxylic acids is 1. The first kappa shape index (κ1) is 26.0. The van der Waals surface area contributed by atoms with Gasteiger partial charge >= 0.3 is 17.8 Å². The van der Waals surface area contributed by atoms with Gasteiger partial charge in [-0.2, -0.15) is 18.4 Å². The molecule has 11 heteroatoms. The highest BCUT2D eigenvalue weighted by Crippen LogP contribution is 2.34. The summed E-state index contributed by atoms with van der Waals surface area (Å²) < 4.78 is 48.1. The number of benzene rings is 2. The minimum Gasteiger partial charge on any atom is -0.496 e. The molecule has 0 aliphatic heterocycles. The van der Waals surface area contributed by atoms with E-state index in [2.05, 4.69) is 0 Å². The van der Waals surface area contributed by atoms with Crippen LogP contribution in [0.1, 0.15) is 42.4 Å². The molecule has 37 heavy (non-hydrogen) atoms. The SMILES string of the molecule is COc1cccc2c1c(=O)n(C[C@H]1CC[C@H](C(=O)O)CC1)c(=O)n2Cc1cccc(C(F)(F)F)c1C#N. The predicted molar refractivity (Wildman–Crippen MR) is 127 cm³/mol. The topological polar surface area (TPSA) is 114 Å². The van der Waals surface area contributed by atoms with Crippen LogP contribution in [-0.2, 0) is 24.1 Å². The molecule has 0 radical (unpaired) electrons. The number of aromatic nitrogens is 2. The Hall–Kier alpha value is -4.07. The van der Waals surface area contributed by atoms with E-state index >= 15 is 0 Å². The Morgan fingerprint density at radius 3 is 2.38 bits per heavy atom. The second-order valence-electron chi connectivity index (χ2n) is 9.14. The standard InChI is InChI=1S/C26H24F3N3O5/c1-37-21-7-3-6-20-22(21)23(33)32(13-15-8-10-16(11-9-15)24(34)35)25(36)31(20)14-17-4-2-5-19(18(17)12-30)26(27,28)29/h2-7,15-16H,8-11,13-14H2,1H3,(H,34,35)/t15-,16-. The third kappa shape index (κ3) is 4.96. The van der Waals surface area contributed by atoms with Crippen LogP contribution >= 0.6 is 0 Å². The van der Waals surface area contributed by atoms with E-state index in [0.717, 1.165) is 10.6 Å². The van der Waals surface area contributed by atoms with Crippen molar-refractivity contribution >= 4 is 16.9 Å². The summed E-state index contributed by atoms with van der Waals surface area (Å²) in [6.45, 7) is -0.340. The largest absolute Gasteiger partial charge is 0.496 e. The molecular weight excluding hydrogens is 491 g/mol. The van der Waals surface area contributed by atoms with Crippen molar-refractivity contribution in [1.82, 2.24) is 9.13 Å². The minimum absolute atomic E-state index is 0.0179. The summed E-state index contributed by atoms with van der Waals surface area (Å²) in [6.07, 6.45) is -2.88. The molecule has 1 heterocycles. The number of nitriles is 1. The normalized spacial score (nSPS) is 17.9. The molecule has 2 aromatic carbocycles. The molecule has 0 saturated heterocycles. The van der Waals surface area contributed by atoms with Crippen LogP contribution in [0.25, 0.3) is 10.9 Å². The van der Waals surface area contributed by atoms with Crippen molar-refractivity contribution in [3.8, 4) is 11.8 Å².